The highest BCUT2D eigenvalue weighted by atomic mass is 16.5. The number of hydrogen-bond donors (Lipinski definition) is 2. The Balaban J connectivity index is 2.11. The van der Waals surface area contributed by atoms with E-state index in [1.165, 1.54) is 0 Å². The molecule has 3 aromatic rings. The zero-order chi connectivity index (χ0) is 17.1. The average molecular weight is 328 g/mol. The summed E-state index contributed by atoms with van der Waals surface area (Å²) < 4.78 is 11.9. The fourth-order valence-electron chi connectivity index (χ4n) is 2.42. The van der Waals surface area contributed by atoms with Crippen molar-refractivity contribution in [1.82, 2.24) is 19.7 Å². The van der Waals surface area contributed by atoms with Gasteiger partial charge in [-0.1, -0.05) is 0 Å². The van der Waals surface area contributed by atoms with Gasteiger partial charge >= 0.3 is 0 Å². The van der Waals surface area contributed by atoms with Crippen molar-refractivity contribution in [3.05, 3.63) is 24.3 Å². The summed E-state index contributed by atoms with van der Waals surface area (Å²) in [5, 5.41) is 8.24. The summed E-state index contributed by atoms with van der Waals surface area (Å²) in [6.07, 6.45) is 0. The smallest absolute Gasteiger partial charge is 0.225 e. The van der Waals surface area contributed by atoms with E-state index in [9.17, 15) is 0 Å². The van der Waals surface area contributed by atoms with Crippen molar-refractivity contribution in [3.63, 3.8) is 0 Å². The number of nitrogens with one attached hydrogen (secondary N) is 1. The number of methoxy groups -OCH3 is 2. The van der Waals surface area contributed by atoms with Crippen LogP contribution in [-0.4, -0.2) is 47.1 Å². The maximum absolute atomic E-state index is 6.16. The maximum atomic E-state index is 6.16. The Morgan fingerprint density at radius 3 is 2.58 bits per heavy atom. The van der Waals surface area contributed by atoms with Crippen LogP contribution in [0.4, 0.5) is 11.8 Å². The first-order valence-corrected chi connectivity index (χ1v) is 7.51. The lowest BCUT2D eigenvalue weighted by Crippen LogP contribution is -2.10. The molecule has 8 nitrogen and oxygen atoms in total. The molecule has 2 heterocycles. The maximum Gasteiger partial charge on any atom is 0.225 e. The van der Waals surface area contributed by atoms with Crippen molar-refractivity contribution >= 4 is 22.8 Å². The Kier molecular flexibility index (Phi) is 4.48. The highest BCUT2D eigenvalue weighted by molar-refractivity contribution is 5.98. The number of benzene rings is 1. The molecule has 0 aliphatic rings. The Hall–Kier alpha value is -2.87. The van der Waals surface area contributed by atoms with E-state index in [0.717, 1.165) is 22.4 Å². The topological polar surface area (TPSA) is 100 Å². The highest BCUT2D eigenvalue weighted by Crippen LogP contribution is 2.31. The summed E-state index contributed by atoms with van der Waals surface area (Å²) in [4.78, 5) is 9.05. The molecule has 0 unspecified atom stereocenters. The van der Waals surface area contributed by atoms with Gasteiger partial charge in [-0.3, -0.25) is 4.68 Å². The number of ether oxygens (including phenoxy) is 2. The number of rotatable bonds is 6. The van der Waals surface area contributed by atoms with Crippen LogP contribution in [0, 0.1) is 0 Å². The van der Waals surface area contributed by atoms with Crippen molar-refractivity contribution in [2.45, 2.75) is 0 Å². The number of aromatic nitrogens is 4. The van der Waals surface area contributed by atoms with Gasteiger partial charge in [0.15, 0.2) is 5.65 Å². The molecule has 3 rings (SSSR count). The number of anilines is 2. The summed E-state index contributed by atoms with van der Waals surface area (Å²) in [6.45, 7) is 1.16. The Morgan fingerprint density at radius 1 is 1.17 bits per heavy atom. The molecular formula is C16H20N6O2. The molecule has 0 atom stereocenters. The Labute approximate surface area is 139 Å². The normalized spacial score (nSPS) is 11.0. The minimum atomic E-state index is 0.489. The molecule has 0 radical (unpaired) electrons. The quantitative estimate of drug-likeness (QED) is 0.664. The van der Waals surface area contributed by atoms with E-state index in [-0.39, 0.29) is 0 Å². The molecule has 8 heteroatoms. The van der Waals surface area contributed by atoms with Crippen LogP contribution >= 0.6 is 0 Å². The van der Waals surface area contributed by atoms with Crippen LogP contribution in [0.25, 0.3) is 22.3 Å². The van der Waals surface area contributed by atoms with Crippen molar-refractivity contribution in [2.75, 3.05) is 38.4 Å². The van der Waals surface area contributed by atoms with Gasteiger partial charge in [0.2, 0.25) is 5.95 Å². The largest absolute Gasteiger partial charge is 0.497 e. The Bertz CT molecular complexity index is 844. The van der Waals surface area contributed by atoms with E-state index in [2.05, 4.69) is 20.4 Å². The van der Waals surface area contributed by atoms with Crippen LogP contribution in [0.15, 0.2) is 24.3 Å². The SMILES string of the molecule is COCCNc1nc(-c2ccc(OC)cc2)c2c(N)n(C)nc2n1. The van der Waals surface area contributed by atoms with Crippen LogP contribution in [0.5, 0.6) is 5.75 Å². The lowest BCUT2D eigenvalue weighted by Gasteiger charge is -2.08. The van der Waals surface area contributed by atoms with Gasteiger partial charge < -0.3 is 20.5 Å². The van der Waals surface area contributed by atoms with Crippen molar-refractivity contribution in [1.29, 1.82) is 0 Å². The van der Waals surface area contributed by atoms with Crippen LogP contribution in [0.3, 0.4) is 0 Å². The number of aryl methyl sites for hydroxylation is 1. The standard InChI is InChI=1S/C16H20N6O2/c1-22-14(17)12-13(10-4-6-11(24-3)7-5-10)19-16(18-8-9-23-2)20-15(12)21-22/h4-7H,8-9,17H2,1-3H3,(H,18,20,21). The third-order valence-electron chi connectivity index (χ3n) is 3.69. The second kappa shape index (κ2) is 6.71. The van der Waals surface area contributed by atoms with E-state index < -0.39 is 0 Å². The van der Waals surface area contributed by atoms with Crippen molar-refractivity contribution in [3.8, 4) is 17.0 Å². The molecule has 3 N–H and O–H groups in total. The second-order valence-electron chi connectivity index (χ2n) is 5.25. The second-order valence-corrected chi connectivity index (χ2v) is 5.25. The van der Waals surface area contributed by atoms with E-state index >= 15 is 0 Å². The van der Waals surface area contributed by atoms with Gasteiger partial charge in [-0.2, -0.15) is 10.1 Å². The zero-order valence-corrected chi connectivity index (χ0v) is 13.9. The fourth-order valence-corrected chi connectivity index (χ4v) is 2.42. The van der Waals surface area contributed by atoms with E-state index in [1.54, 1.807) is 25.9 Å². The number of fused-ring (bicyclic) bond motifs is 1. The van der Waals surface area contributed by atoms with Gasteiger partial charge in [0.1, 0.15) is 11.6 Å². The summed E-state index contributed by atoms with van der Waals surface area (Å²) >= 11 is 0. The first-order valence-electron chi connectivity index (χ1n) is 7.51. The average Bonchev–Trinajstić information content (AvgIpc) is 2.89. The molecule has 1 aromatic carbocycles. The molecule has 0 fully saturated rings. The van der Waals surface area contributed by atoms with E-state index in [0.29, 0.717) is 30.6 Å². The number of nitrogens with zero attached hydrogens (tertiary/aromatic N) is 4. The lowest BCUT2D eigenvalue weighted by atomic mass is 10.1. The fraction of sp³-hybridized carbons (Fsp3) is 0.312. The van der Waals surface area contributed by atoms with Crippen LogP contribution in [-0.2, 0) is 11.8 Å². The molecule has 0 saturated carbocycles. The van der Waals surface area contributed by atoms with E-state index in [4.69, 9.17) is 15.2 Å². The molecule has 0 aliphatic carbocycles. The van der Waals surface area contributed by atoms with Crippen LogP contribution in [0.2, 0.25) is 0 Å². The molecule has 0 aliphatic heterocycles. The summed E-state index contributed by atoms with van der Waals surface area (Å²) in [7, 11) is 5.07. The van der Waals surface area contributed by atoms with Crippen LogP contribution in [0.1, 0.15) is 0 Å². The third kappa shape index (κ3) is 2.95. The number of hydrogen-bond acceptors (Lipinski definition) is 7. The number of nitrogens with two attached hydrogens (primary N) is 1. The third-order valence-corrected chi connectivity index (χ3v) is 3.69. The monoisotopic (exact) mass is 328 g/mol. The van der Waals surface area contributed by atoms with Gasteiger partial charge in [0.25, 0.3) is 0 Å². The molecule has 0 bridgehead atoms. The van der Waals surface area contributed by atoms with Crippen LogP contribution < -0.4 is 15.8 Å². The van der Waals surface area contributed by atoms with Gasteiger partial charge in [0.05, 0.1) is 24.8 Å². The van der Waals surface area contributed by atoms with Crippen molar-refractivity contribution in [2.24, 2.45) is 7.05 Å². The lowest BCUT2D eigenvalue weighted by molar-refractivity contribution is 0.210. The van der Waals surface area contributed by atoms with Gasteiger partial charge in [-0.15, -0.1) is 0 Å². The van der Waals surface area contributed by atoms with E-state index in [1.807, 2.05) is 24.3 Å². The predicted octanol–water partition coefficient (Wildman–Crippen LogP) is 1.68. The van der Waals surface area contributed by atoms with Gasteiger partial charge in [0, 0.05) is 26.3 Å². The first-order chi connectivity index (χ1) is 11.6. The number of nitrogen functional groups attached to an aromatic ring is 1. The summed E-state index contributed by atoms with van der Waals surface area (Å²) in [5.74, 6) is 1.80. The van der Waals surface area contributed by atoms with Crippen molar-refractivity contribution < 1.29 is 9.47 Å². The molecule has 24 heavy (non-hydrogen) atoms. The highest BCUT2D eigenvalue weighted by Gasteiger charge is 2.17. The Morgan fingerprint density at radius 2 is 1.92 bits per heavy atom. The molecular weight excluding hydrogens is 308 g/mol. The molecule has 0 spiro atoms. The molecule has 0 saturated heterocycles. The van der Waals surface area contributed by atoms with Gasteiger partial charge in [-0.05, 0) is 24.3 Å². The first kappa shape index (κ1) is 16.0. The molecule has 126 valence electrons. The minimum Gasteiger partial charge on any atom is -0.497 e. The summed E-state index contributed by atoms with van der Waals surface area (Å²) in [6, 6.07) is 7.64. The summed E-state index contributed by atoms with van der Waals surface area (Å²) in [5.41, 5.74) is 8.36. The van der Waals surface area contributed by atoms with Gasteiger partial charge in [-0.25, -0.2) is 4.98 Å². The minimum absolute atomic E-state index is 0.489. The molecule has 2 aromatic heterocycles. The predicted molar refractivity (Wildman–Crippen MR) is 93.1 cm³/mol. The molecule has 0 amide bonds. The zero-order valence-electron chi connectivity index (χ0n) is 13.9.